The molecule has 154 valence electrons. The Bertz CT molecular complexity index is 687. The van der Waals surface area contributed by atoms with Crippen molar-refractivity contribution in [2.75, 3.05) is 39.5 Å². The molecule has 9 heteroatoms. The van der Waals surface area contributed by atoms with Gasteiger partial charge in [-0.05, 0) is 43.4 Å². The molecule has 0 atom stereocenters. The second kappa shape index (κ2) is 11.7. The largest absolute Gasteiger partial charge is 0.497 e. The number of halogens is 1. The Morgan fingerprint density at radius 1 is 1.22 bits per heavy atom. The number of nitrogens with zero attached hydrogens (tertiary/aromatic N) is 2. The first kappa shape index (κ1) is 24.0. The fraction of sp³-hybridized carbons (Fsp3) is 0.611. The summed E-state index contributed by atoms with van der Waals surface area (Å²) in [5.41, 5.74) is 1.12. The van der Waals surface area contributed by atoms with E-state index in [1.165, 1.54) is 6.26 Å². The lowest BCUT2D eigenvalue weighted by molar-refractivity contribution is 0.275. The van der Waals surface area contributed by atoms with E-state index < -0.39 is 10.0 Å². The molecule has 0 saturated carbocycles. The van der Waals surface area contributed by atoms with E-state index in [0.29, 0.717) is 25.6 Å². The molecule has 2 rings (SSSR count). The molecule has 1 aliphatic rings. The summed E-state index contributed by atoms with van der Waals surface area (Å²) >= 11 is 0. The van der Waals surface area contributed by atoms with E-state index in [0.717, 1.165) is 43.2 Å². The van der Waals surface area contributed by atoms with Crippen LogP contribution in [0.25, 0.3) is 0 Å². The van der Waals surface area contributed by atoms with Crippen LogP contribution in [0, 0.1) is 5.92 Å². The molecule has 0 aromatic heterocycles. The number of hydrogen-bond donors (Lipinski definition) is 2. The van der Waals surface area contributed by atoms with Crippen LogP contribution in [-0.4, -0.2) is 58.2 Å². The van der Waals surface area contributed by atoms with Crippen LogP contribution in [0.4, 0.5) is 0 Å². The molecule has 1 aromatic rings. The molecule has 0 amide bonds. The highest BCUT2D eigenvalue weighted by Crippen LogP contribution is 2.18. The van der Waals surface area contributed by atoms with Gasteiger partial charge in [-0.3, -0.25) is 0 Å². The lowest BCUT2D eigenvalue weighted by Gasteiger charge is -2.30. The van der Waals surface area contributed by atoms with Crippen LogP contribution >= 0.6 is 24.0 Å². The molecular weight excluding hydrogens is 479 g/mol. The van der Waals surface area contributed by atoms with Gasteiger partial charge in [0.2, 0.25) is 10.0 Å². The van der Waals surface area contributed by atoms with E-state index in [2.05, 4.69) is 15.6 Å². The van der Waals surface area contributed by atoms with Crippen molar-refractivity contribution in [2.24, 2.45) is 10.9 Å². The number of guanidine groups is 1. The average Bonchev–Trinajstić information content (AvgIpc) is 2.64. The van der Waals surface area contributed by atoms with Crippen molar-refractivity contribution in [1.82, 2.24) is 14.9 Å². The maximum atomic E-state index is 11.6. The number of methoxy groups -OCH3 is 1. The summed E-state index contributed by atoms with van der Waals surface area (Å²) in [5, 5.41) is 6.64. The molecule has 0 spiro atoms. The predicted octanol–water partition coefficient (Wildman–Crippen LogP) is 2.04. The smallest absolute Gasteiger partial charge is 0.211 e. The van der Waals surface area contributed by atoms with Crippen molar-refractivity contribution in [1.29, 1.82) is 0 Å². The molecular formula is C18H31IN4O3S. The van der Waals surface area contributed by atoms with Crippen LogP contribution in [0.3, 0.4) is 0 Å². The van der Waals surface area contributed by atoms with Gasteiger partial charge in [0.05, 0.1) is 19.9 Å². The number of sulfonamides is 1. The molecule has 1 aromatic carbocycles. The molecule has 0 bridgehead atoms. The first-order chi connectivity index (χ1) is 12.4. The van der Waals surface area contributed by atoms with Crippen molar-refractivity contribution in [3.63, 3.8) is 0 Å². The Morgan fingerprint density at radius 2 is 1.85 bits per heavy atom. The molecule has 1 aliphatic heterocycles. The van der Waals surface area contributed by atoms with Crippen LogP contribution in [0.1, 0.15) is 25.3 Å². The lowest BCUT2D eigenvalue weighted by Crippen LogP contribution is -2.44. The number of nitrogens with one attached hydrogen (secondary N) is 2. The first-order valence-corrected chi connectivity index (χ1v) is 10.9. The molecule has 1 fully saturated rings. The van der Waals surface area contributed by atoms with Crippen molar-refractivity contribution in [3.8, 4) is 5.75 Å². The molecule has 0 aliphatic carbocycles. The maximum Gasteiger partial charge on any atom is 0.211 e. The quantitative estimate of drug-likeness (QED) is 0.334. The standard InChI is InChI=1S/C18H30N4O3S.HI/c1-4-19-18(20-13-15-5-7-17(25-2)8-6-15)21-14-16-9-11-22(12-10-16)26(3,23)24;/h5-8,16H,4,9-14H2,1-3H3,(H2,19,20,21);1H. The first-order valence-electron chi connectivity index (χ1n) is 9.02. The average molecular weight is 510 g/mol. The third-order valence-electron chi connectivity index (χ3n) is 4.52. The zero-order chi connectivity index (χ0) is 19.0. The van der Waals surface area contributed by atoms with Crippen LogP contribution in [0.2, 0.25) is 0 Å². The van der Waals surface area contributed by atoms with E-state index >= 15 is 0 Å². The summed E-state index contributed by atoms with van der Waals surface area (Å²) in [5.74, 6) is 2.08. The topological polar surface area (TPSA) is 83.0 Å². The van der Waals surface area contributed by atoms with Gasteiger partial charge in [0, 0.05) is 26.2 Å². The highest BCUT2D eigenvalue weighted by molar-refractivity contribution is 14.0. The minimum Gasteiger partial charge on any atom is -0.497 e. The van der Waals surface area contributed by atoms with Gasteiger partial charge in [-0.15, -0.1) is 24.0 Å². The second-order valence-corrected chi connectivity index (χ2v) is 8.51. The summed E-state index contributed by atoms with van der Waals surface area (Å²) in [6, 6.07) is 7.88. The molecule has 0 radical (unpaired) electrons. The number of rotatable bonds is 7. The molecule has 1 saturated heterocycles. The normalized spacial score (nSPS) is 16.5. The number of piperidine rings is 1. The SMILES string of the molecule is CCNC(=NCc1ccc(OC)cc1)NCC1CCN(S(C)(=O)=O)CC1.I. The van der Waals surface area contributed by atoms with Crippen LogP contribution in [-0.2, 0) is 16.6 Å². The number of benzene rings is 1. The predicted molar refractivity (Wildman–Crippen MR) is 120 cm³/mol. The molecule has 1 heterocycles. The highest BCUT2D eigenvalue weighted by Gasteiger charge is 2.24. The van der Waals surface area contributed by atoms with Crippen LogP contribution in [0.5, 0.6) is 5.75 Å². The number of hydrogen-bond acceptors (Lipinski definition) is 4. The zero-order valence-electron chi connectivity index (χ0n) is 16.3. The van der Waals surface area contributed by atoms with E-state index in [-0.39, 0.29) is 24.0 Å². The summed E-state index contributed by atoms with van der Waals surface area (Å²) in [4.78, 5) is 4.63. The Labute approximate surface area is 180 Å². The molecule has 2 N–H and O–H groups in total. The molecule has 0 unspecified atom stereocenters. The van der Waals surface area contributed by atoms with Crippen molar-refractivity contribution >= 4 is 40.0 Å². The lowest BCUT2D eigenvalue weighted by atomic mass is 9.98. The second-order valence-electron chi connectivity index (χ2n) is 6.53. The van der Waals surface area contributed by atoms with E-state index in [1.54, 1.807) is 11.4 Å². The van der Waals surface area contributed by atoms with Gasteiger partial charge in [-0.25, -0.2) is 17.7 Å². The number of ether oxygens (including phenoxy) is 1. The van der Waals surface area contributed by atoms with Gasteiger partial charge in [-0.1, -0.05) is 12.1 Å². The minimum absolute atomic E-state index is 0. The van der Waals surface area contributed by atoms with Gasteiger partial charge in [0.25, 0.3) is 0 Å². The molecule has 7 nitrogen and oxygen atoms in total. The number of aliphatic imine (C=N–C) groups is 1. The van der Waals surface area contributed by atoms with Crippen LogP contribution in [0.15, 0.2) is 29.3 Å². The fourth-order valence-electron chi connectivity index (χ4n) is 2.93. The third-order valence-corrected chi connectivity index (χ3v) is 5.83. The Balaban J connectivity index is 0.00000364. The van der Waals surface area contributed by atoms with Gasteiger partial charge < -0.3 is 15.4 Å². The van der Waals surface area contributed by atoms with Crippen LogP contribution < -0.4 is 15.4 Å². The Morgan fingerprint density at radius 3 is 2.37 bits per heavy atom. The van der Waals surface area contributed by atoms with Crippen molar-refractivity contribution in [2.45, 2.75) is 26.3 Å². The van der Waals surface area contributed by atoms with E-state index in [4.69, 9.17) is 4.74 Å². The summed E-state index contributed by atoms with van der Waals surface area (Å²) in [6.45, 7) is 5.42. The Kier molecular flexibility index (Phi) is 10.4. The minimum atomic E-state index is -3.07. The third kappa shape index (κ3) is 8.22. The van der Waals surface area contributed by atoms with Gasteiger partial charge in [-0.2, -0.15) is 0 Å². The summed E-state index contributed by atoms with van der Waals surface area (Å²) < 4.78 is 29.9. The van der Waals surface area contributed by atoms with Crippen molar-refractivity contribution < 1.29 is 13.2 Å². The monoisotopic (exact) mass is 510 g/mol. The summed E-state index contributed by atoms with van der Waals surface area (Å²) in [7, 11) is -1.41. The maximum absolute atomic E-state index is 11.6. The zero-order valence-corrected chi connectivity index (χ0v) is 19.4. The highest BCUT2D eigenvalue weighted by atomic mass is 127. The van der Waals surface area contributed by atoms with Gasteiger partial charge >= 0.3 is 0 Å². The van der Waals surface area contributed by atoms with Crippen molar-refractivity contribution in [3.05, 3.63) is 29.8 Å². The Hall–Kier alpha value is -1.07. The molecule has 27 heavy (non-hydrogen) atoms. The summed E-state index contributed by atoms with van der Waals surface area (Å²) in [6.07, 6.45) is 3.02. The van der Waals surface area contributed by atoms with E-state index in [1.807, 2.05) is 31.2 Å². The fourth-order valence-corrected chi connectivity index (χ4v) is 3.80. The van der Waals surface area contributed by atoms with Gasteiger partial charge in [0.15, 0.2) is 5.96 Å². The van der Waals surface area contributed by atoms with E-state index in [9.17, 15) is 8.42 Å². The van der Waals surface area contributed by atoms with Gasteiger partial charge in [0.1, 0.15) is 5.75 Å².